The van der Waals surface area contributed by atoms with Crippen molar-refractivity contribution in [3.05, 3.63) is 65.4 Å². The maximum atomic E-state index is 12.0. The van der Waals surface area contributed by atoms with Crippen molar-refractivity contribution in [1.82, 2.24) is 4.98 Å². The number of hydrogen-bond acceptors (Lipinski definition) is 2. The molecule has 4 rings (SSSR count). The van der Waals surface area contributed by atoms with Crippen molar-refractivity contribution >= 4 is 28.2 Å². The molecule has 4 heteroatoms. The third-order valence-electron chi connectivity index (χ3n) is 3.88. The predicted molar refractivity (Wildman–Crippen MR) is 88.6 cm³/mol. The Morgan fingerprint density at radius 3 is 2.73 bits per heavy atom. The van der Waals surface area contributed by atoms with Crippen LogP contribution >= 0.6 is 0 Å². The van der Waals surface area contributed by atoms with Crippen LogP contribution in [0, 0.1) is 6.92 Å². The Kier molecular flexibility index (Phi) is 2.82. The molecule has 0 saturated carbocycles. The third kappa shape index (κ3) is 2.00. The number of H-pyrrole nitrogens is 1. The maximum Gasteiger partial charge on any atom is 0.246 e. The molecule has 3 aromatic rings. The summed E-state index contributed by atoms with van der Waals surface area (Å²) in [6.07, 6.45) is 0. The SMILES string of the molecule is Cc1ccc2[nH]c3c(c2c1)NC(=O)CN=C3c1ccccc1. The summed E-state index contributed by atoms with van der Waals surface area (Å²) in [5, 5.41) is 4.01. The Bertz CT molecular complexity index is 907. The van der Waals surface area contributed by atoms with Crippen LogP contribution in [0.25, 0.3) is 10.9 Å². The van der Waals surface area contributed by atoms with Gasteiger partial charge in [-0.05, 0) is 19.1 Å². The van der Waals surface area contributed by atoms with Crippen LogP contribution in [0.2, 0.25) is 0 Å². The molecule has 0 spiro atoms. The van der Waals surface area contributed by atoms with Gasteiger partial charge in [0.2, 0.25) is 5.91 Å². The van der Waals surface area contributed by atoms with Gasteiger partial charge in [0, 0.05) is 16.5 Å². The van der Waals surface area contributed by atoms with E-state index in [4.69, 9.17) is 0 Å². The van der Waals surface area contributed by atoms with Crippen molar-refractivity contribution in [2.75, 3.05) is 11.9 Å². The van der Waals surface area contributed by atoms with Crippen molar-refractivity contribution in [2.24, 2.45) is 4.99 Å². The minimum atomic E-state index is -0.0883. The summed E-state index contributed by atoms with van der Waals surface area (Å²) in [7, 11) is 0. The standard InChI is InChI=1S/C18H15N3O/c1-11-7-8-14-13(9-11)17-18(20-14)16(19-10-15(22)21-17)12-5-3-2-4-6-12/h2-9,20H,10H2,1H3,(H,21,22). The number of amides is 1. The normalized spacial score (nSPS) is 14.2. The number of aromatic amines is 1. The Labute approximate surface area is 127 Å². The second-order valence-electron chi connectivity index (χ2n) is 5.50. The fraction of sp³-hybridized carbons (Fsp3) is 0.111. The molecule has 4 nitrogen and oxygen atoms in total. The van der Waals surface area contributed by atoms with Crippen LogP contribution < -0.4 is 5.32 Å². The van der Waals surface area contributed by atoms with Gasteiger partial charge in [-0.15, -0.1) is 0 Å². The van der Waals surface area contributed by atoms with Crippen molar-refractivity contribution in [2.45, 2.75) is 6.92 Å². The highest BCUT2D eigenvalue weighted by Gasteiger charge is 2.22. The lowest BCUT2D eigenvalue weighted by Crippen LogP contribution is -2.13. The van der Waals surface area contributed by atoms with Crippen LogP contribution in [0.4, 0.5) is 5.69 Å². The molecule has 22 heavy (non-hydrogen) atoms. The van der Waals surface area contributed by atoms with Gasteiger partial charge in [-0.2, -0.15) is 0 Å². The summed E-state index contributed by atoms with van der Waals surface area (Å²) in [4.78, 5) is 19.9. The van der Waals surface area contributed by atoms with Gasteiger partial charge in [-0.3, -0.25) is 9.79 Å². The molecule has 0 bridgehead atoms. The molecule has 1 aromatic heterocycles. The van der Waals surface area contributed by atoms with Crippen molar-refractivity contribution in [3.8, 4) is 0 Å². The number of carbonyl (C=O) groups is 1. The smallest absolute Gasteiger partial charge is 0.246 e. The van der Waals surface area contributed by atoms with Gasteiger partial charge in [-0.25, -0.2) is 0 Å². The number of aryl methyl sites for hydroxylation is 1. The highest BCUT2D eigenvalue weighted by atomic mass is 16.1. The number of nitrogens with one attached hydrogen (secondary N) is 2. The molecule has 0 aliphatic carbocycles. The van der Waals surface area contributed by atoms with Crippen molar-refractivity contribution < 1.29 is 4.79 Å². The topological polar surface area (TPSA) is 57.2 Å². The number of benzene rings is 2. The third-order valence-corrected chi connectivity index (χ3v) is 3.88. The van der Waals surface area contributed by atoms with Gasteiger partial charge in [-0.1, -0.05) is 42.0 Å². The van der Waals surface area contributed by atoms with E-state index in [1.54, 1.807) is 0 Å². The lowest BCUT2D eigenvalue weighted by molar-refractivity contribution is -0.114. The van der Waals surface area contributed by atoms with Crippen LogP contribution in [-0.4, -0.2) is 23.1 Å². The molecule has 108 valence electrons. The molecule has 2 heterocycles. The summed E-state index contributed by atoms with van der Waals surface area (Å²) in [5.41, 5.74) is 5.68. The molecule has 0 radical (unpaired) electrons. The van der Waals surface area contributed by atoms with Gasteiger partial charge < -0.3 is 10.3 Å². The van der Waals surface area contributed by atoms with E-state index < -0.39 is 0 Å². The van der Waals surface area contributed by atoms with Crippen LogP contribution in [0.1, 0.15) is 16.8 Å². The molecule has 1 aliphatic rings. The molecular weight excluding hydrogens is 274 g/mol. The number of fused-ring (bicyclic) bond motifs is 3. The molecule has 0 unspecified atom stereocenters. The largest absolute Gasteiger partial charge is 0.351 e. The lowest BCUT2D eigenvalue weighted by atomic mass is 10.1. The first-order chi connectivity index (χ1) is 10.7. The molecule has 2 aromatic carbocycles. The van der Waals surface area contributed by atoms with Gasteiger partial charge in [0.15, 0.2) is 0 Å². The number of aliphatic imine (C=N–C) groups is 1. The number of nitrogens with zero attached hydrogens (tertiary/aromatic N) is 1. The Morgan fingerprint density at radius 1 is 1.09 bits per heavy atom. The summed E-state index contributed by atoms with van der Waals surface area (Å²) >= 11 is 0. The zero-order valence-corrected chi connectivity index (χ0v) is 12.2. The average Bonchev–Trinajstić information content (AvgIpc) is 2.77. The minimum Gasteiger partial charge on any atom is -0.351 e. The maximum absolute atomic E-state index is 12.0. The Balaban J connectivity index is 2.00. The van der Waals surface area contributed by atoms with E-state index in [2.05, 4.69) is 27.4 Å². The first-order valence-electron chi connectivity index (χ1n) is 7.25. The number of rotatable bonds is 1. The van der Waals surface area contributed by atoms with E-state index in [1.807, 2.05) is 43.3 Å². The highest BCUT2D eigenvalue weighted by Crippen LogP contribution is 2.31. The summed E-state index contributed by atoms with van der Waals surface area (Å²) in [6.45, 7) is 2.18. The van der Waals surface area contributed by atoms with Crippen LogP contribution in [0.3, 0.4) is 0 Å². The van der Waals surface area contributed by atoms with Crippen molar-refractivity contribution in [1.29, 1.82) is 0 Å². The van der Waals surface area contributed by atoms with E-state index in [0.29, 0.717) is 0 Å². The van der Waals surface area contributed by atoms with E-state index in [0.717, 1.165) is 39.1 Å². The van der Waals surface area contributed by atoms with E-state index >= 15 is 0 Å². The molecule has 0 fully saturated rings. The number of hydrogen-bond donors (Lipinski definition) is 2. The summed E-state index contributed by atoms with van der Waals surface area (Å²) in [6, 6.07) is 16.1. The monoisotopic (exact) mass is 289 g/mol. The lowest BCUT2D eigenvalue weighted by Gasteiger charge is -2.05. The number of carbonyl (C=O) groups excluding carboxylic acids is 1. The second-order valence-corrected chi connectivity index (χ2v) is 5.50. The first-order valence-corrected chi connectivity index (χ1v) is 7.25. The quantitative estimate of drug-likeness (QED) is 0.709. The Hall–Kier alpha value is -2.88. The highest BCUT2D eigenvalue weighted by molar-refractivity contribution is 6.22. The molecule has 0 saturated heterocycles. The van der Waals surface area contributed by atoms with Crippen LogP contribution in [-0.2, 0) is 4.79 Å². The average molecular weight is 289 g/mol. The number of aromatic nitrogens is 1. The fourth-order valence-corrected chi connectivity index (χ4v) is 2.85. The van der Waals surface area contributed by atoms with Gasteiger partial charge in [0.25, 0.3) is 0 Å². The zero-order valence-electron chi connectivity index (χ0n) is 12.2. The predicted octanol–water partition coefficient (Wildman–Crippen LogP) is 3.27. The molecular formula is C18H15N3O. The van der Waals surface area contributed by atoms with Gasteiger partial charge in [0.05, 0.1) is 17.1 Å². The zero-order chi connectivity index (χ0) is 15.1. The van der Waals surface area contributed by atoms with Crippen molar-refractivity contribution in [3.63, 3.8) is 0 Å². The molecule has 0 atom stereocenters. The minimum absolute atomic E-state index is 0.0883. The molecule has 1 aliphatic heterocycles. The first kappa shape index (κ1) is 12.8. The fourth-order valence-electron chi connectivity index (χ4n) is 2.85. The molecule has 2 N–H and O–H groups in total. The number of anilines is 1. The van der Waals surface area contributed by atoms with E-state index in [1.165, 1.54) is 0 Å². The van der Waals surface area contributed by atoms with E-state index in [-0.39, 0.29) is 12.5 Å². The second kappa shape index (κ2) is 4.84. The van der Waals surface area contributed by atoms with Crippen LogP contribution in [0.5, 0.6) is 0 Å². The summed E-state index contributed by atoms with van der Waals surface area (Å²) < 4.78 is 0. The van der Waals surface area contributed by atoms with E-state index in [9.17, 15) is 4.79 Å². The Morgan fingerprint density at radius 2 is 1.91 bits per heavy atom. The molecule has 1 amide bonds. The van der Waals surface area contributed by atoms with Gasteiger partial charge >= 0.3 is 0 Å². The summed E-state index contributed by atoms with van der Waals surface area (Å²) in [5.74, 6) is -0.0883. The van der Waals surface area contributed by atoms with Gasteiger partial charge in [0.1, 0.15) is 6.54 Å². The van der Waals surface area contributed by atoms with Crippen LogP contribution in [0.15, 0.2) is 53.5 Å².